The summed E-state index contributed by atoms with van der Waals surface area (Å²) in [6, 6.07) is 5.60. The molecule has 2 nitrogen and oxygen atoms in total. The molecule has 0 aliphatic rings. The number of benzene rings is 1. The number of likely N-dealkylation sites (N-methyl/N-ethyl adjacent to an activating group) is 1. The summed E-state index contributed by atoms with van der Waals surface area (Å²) in [5.74, 6) is -0.188. The molecule has 0 aromatic heterocycles. The van der Waals surface area contributed by atoms with Crippen LogP contribution in [0.15, 0.2) is 30.8 Å². The topological polar surface area (TPSA) is 29.1 Å². The molecular weight excluding hydrogens is 231 g/mol. The summed E-state index contributed by atoms with van der Waals surface area (Å²) < 4.78 is 37.0. The summed E-state index contributed by atoms with van der Waals surface area (Å²) in [7, 11) is 1.50. The van der Waals surface area contributed by atoms with Crippen LogP contribution in [0, 0.1) is 0 Å². The molecule has 0 aliphatic carbocycles. The van der Waals surface area contributed by atoms with E-state index in [9.17, 15) is 18.0 Å². The zero-order chi connectivity index (χ0) is 13.1. The van der Waals surface area contributed by atoms with Crippen molar-refractivity contribution in [3.63, 3.8) is 0 Å². The number of nitrogens with one attached hydrogen (secondary N) is 1. The Hall–Kier alpha value is -1.78. The van der Waals surface area contributed by atoms with E-state index in [0.717, 1.165) is 0 Å². The molecule has 1 amide bonds. The van der Waals surface area contributed by atoms with Gasteiger partial charge in [0.2, 0.25) is 5.91 Å². The molecule has 0 aliphatic heterocycles. The van der Waals surface area contributed by atoms with Crippen LogP contribution >= 0.6 is 0 Å². The molecule has 0 saturated carbocycles. The summed E-state index contributed by atoms with van der Waals surface area (Å²) in [6.45, 7) is 3.00. The first-order chi connectivity index (χ1) is 7.84. The third-order valence-electron chi connectivity index (χ3n) is 2.29. The second-order valence-electron chi connectivity index (χ2n) is 3.52. The highest BCUT2D eigenvalue weighted by atomic mass is 19.4. The lowest BCUT2D eigenvalue weighted by Crippen LogP contribution is -2.19. The molecule has 0 atom stereocenters. The fourth-order valence-electron chi connectivity index (χ4n) is 1.26. The Bertz CT molecular complexity index is 420. The SMILES string of the molecule is C=C(c1ccc(CC(=O)NC)cc1)C(F)(F)F. The maximum Gasteiger partial charge on any atom is 0.416 e. The molecule has 0 bridgehead atoms. The average Bonchev–Trinajstić information content (AvgIpc) is 2.27. The van der Waals surface area contributed by atoms with Crippen LogP contribution in [-0.2, 0) is 11.2 Å². The highest BCUT2D eigenvalue weighted by molar-refractivity contribution is 5.78. The van der Waals surface area contributed by atoms with Gasteiger partial charge in [0.15, 0.2) is 0 Å². The van der Waals surface area contributed by atoms with E-state index in [1.807, 2.05) is 0 Å². The van der Waals surface area contributed by atoms with Crippen molar-refractivity contribution >= 4 is 11.5 Å². The van der Waals surface area contributed by atoms with Crippen LogP contribution in [0.3, 0.4) is 0 Å². The van der Waals surface area contributed by atoms with Gasteiger partial charge in [-0.1, -0.05) is 30.8 Å². The van der Waals surface area contributed by atoms with E-state index in [1.165, 1.54) is 31.3 Å². The molecule has 1 rings (SSSR count). The van der Waals surface area contributed by atoms with Gasteiger partial charge in [0.25, 0.3) is 0 Å². The predicted molar refractivity (Wildman–Crippen MR) is 59.3 cm³/mol. The van der Waals surface area contributed by atoms with E-state index < -0.39 is 11.7 Å². The third kappa shape index (κ3) is 3.62. The van der Waals surface area contributed by atoms with Crippen molar-refractivity contribution < 1.29 is 18.0 Å². The van der Waals surface area contributed by atoms with Crippen molar-refractivity contribution in [3.8, 4) is 0 Å². The fourth-order valence-corrected chi connectivity index (χ4v) is 1.26. The van der Waals surface area contributed by atoms with Gasteiger partial charge >= 0.3 is 6.18 Å². The maximum atomic E-state index is 12.3. The van der Waals surface area contributed by atoms with Gasteiger partial charge in [-0.15, -0.1) is 0 Å². The largest absolute Gasteiger partial charge is 0.416 e. The lowest BCUT2D eigenvalue weighted by atomic mass is 10.0. The van der Waals surface area contributed by atoms with Gasteiger partial charge in [0.05, 0.1) is 12.0 Å². The second kappa shape index (κ2) is 5.03. The Morgan fingerprint density at radius 1 is 1.29 bits per heavy atom. The van der Waals surface area contributed by atoms with Gasteiger partial charge in [-0.3, -0.25) is 4.79 Å². The highest BCUT2D eigenvalue weighted by Crippen LogP contribution is 2.32. The number of hydrogen-bond donors (Lipinski definition) is 1. The van der Waals surface area contributed by atoms with E-state index >= 15 is 0 Å². The number of carbonyl (C=O) groups is 1. The molecule has 0 saturated heterocycles. The van der Waals surface area contributed by atoms with Crippen LogP contribution in [0.2, 0.25) is 0 Å². The zero-order valence-electron chi connectivity index (χ0n) is 9.27. The number of hydrogen-bond acceptors (Lipinski definition) is 1. The van der Waals surface area contributed by atoms with Crippen LogP contribution in [0.25, 0.3) is 5.57 Å². The number of alkyl halides is 3. The summed E-state index contributed by atoms with van der Waals surface area (Å²) in [5.41, 5.74) is -0.217. The standard InChI is InChI=1S/C12H12F3NO/c1-8(12(13,14)15)10-5-3-9(4-6-10)7-11(17)16-2/h3-6H,1,7H2,2H3,(H,16,17). The normalized spacial score (nSPS) is 11.1. The molecule has 92 valence electrons. The lowest BCUT2D eigenvalue weighted by molar-refractivity contribution is -0.119. The predicted octanol–water partition coefficient (Wildman–Crippen LogP) is 2.55. The van der Waals surface area contributed by atoms with E-state index in [2.05, 4.69) is 11.9 Å². The lowest BCUT2D eigenvalue weighted by Gasteiger charge is -2.10. The van der Waals surface area contributed by atoms with E-state index in [1.54, 1.807) is 0 Å². The fraction of sp³-hybridized carbons (Fsp3) is 0.250. The average molecular weight is 243 g/mol. The summed E-state index contributed by atoms with van der Waals surface area (Å²) >= 11 is 0. The first-order valence-corrected chi connectivity index (χ1v) is 4.90. The monoisotopic (exact) mass is 243 g/mol. The molecule has 0 fully saturated rings. The number of carbonyl (C=O) groups excluding carboxylic acids is 1. The number of rotatable bonds is 3. The Kier molecular flexibility index (Phi) is 3.93. The second-order valence-corrected chi connectivity index (χ2v) is 3.52. The van der Waals surface area contributed by atoms with Gasteiger partial charge in [-0.05, 0) is 11.1 Å². The number of halogens is 3. The van der Waals surface area contributed by atoms with Crippen molar-refractivity contribution in [2.45, 2.75) is 12.6 Å². The van der Waals surface area contributed by atoms with Gasteiger partial charge in [-0.25, -0.2) is 0 Å². The van der Waals surface area contributed by atoms with Gasteiger partial charge < -0.3 is 5.32 Å². The quantitative estimate of drug-likeness (QED) is 0.868. The van der Waals surface area contributed by atoms with Crippen molar-refractivity contribution in [1.82, 2.24) is 5.32 Å². The highest BCUT2D eigenvalue weighted by Gasteiger charge is 2.32. The summed E-state index contributed by atoms with van der Waals surface area (Å²) in [4.78, 5) is 11.1. The molecule has 0 heterocycles. The molecule has 1 N–H and O–H groups in total. The van der Waals surface area contributed by atoms with Crippen molar-refractivity contribution in [1.29, 1.82) is 0 Å². The minimum absolute atomic E-state index is 0.0122. The molecule has 1 aromatic rings. The molecule has 0 unspecified atom stereocenters. The number of allylic oxidation sites excluding steroid dienone is 1. The first kappa shape index (κ1) is 13.3. The van der Waals surface area contributed by atoms with Crippen molar-refractivity contribution in [3.05, 3.63) is 42.0 Å². The van der Waals surface area contributed by atoms with Crippen LogP contribution in [-0.4, -0.2) is 19.1 Å². The van der Waals surface area contributed by atoms with Crippen LogP contribution in [0.5, 0.6) is 0 Å². The van der Waals surface area contributed by atoms with Crippen molar-refractivity contribution in [2.75, 3.05) is 7.05 Å². The Morgan fingerprint density at radius 2 is 1.82 bits per heavy atom. The number of amides is 1. The van der Waals surface area contributed by atoms with Crippen LogP contribution in [0.1, 0.15) is 11.1 Å². The molecule has 5 heteroatoms. The van der Waals surface area contributed by atoms with E-state index in [-0.39, 0.29) is 17.9 Å². The summed E-state index contributed by atoms with van der Waals surface area (Å²) in [5, 5.41) is 2.44. The maximum absolute atomic E-state index is 12.3. The Morgan fingerprint density at radius 3 is 2.24 bits per heavy atom. The van der Waals surface area contributed by atoms with Gasteiger partial charge in [0, 0.05) is 7.05 Å². The van der Waals surface area contributed by atoms with Crippen LogP contribution in [0.4, 0.5) is 13.2 Å². The van der Waals surface area contributed by atoms with Gasteiger partial charge in [-0.2, -0.15) is 13.2 Å². The molecule has 0 radical (unpaired) electrons. The smallest absolute Gasteiger partial charge is 0.359 e. The molecule has 1 aromatic carbocycles. The van der Waals surface area contributed by atoms with Gasteiger partial charge in [0.1, 0.15) is 0 Å². The van der Waals surface area contributed by atoms with E-state index in [4.69, 9.17) is 0 Å². The third-order valence-corrected chi connectivity index (χ3v) is 2.29. The molecular formula is C12H12F3NO. The minimum Gasteiger partial charge on any atom is -0.359 e. The Labute approximate surface area is 97.1 Å². The van der Waals surface area contributed by atoms with E-state index in [0.29, 0.717) is 5.56 Å². The minimum atomic E-state index is -4.43. The first-order valence-electron chi connectivity index (χ1n) is 4.90. The Balaban J connectivity index is 2.82. The molecule has 0 spiro atoms. The van der Waals surface area contributed by atoms with Crippen LogP contribution < -0.4 is 5.32 Å². The summed E-state index contributed by atoms with van der Waals surface area (Å²) in [6.07, 6.45) is -4.28. The zero-order valence-corrected chi connectivity index (χ0v) is 9.27. The van der Waals surface area contributed by atoms with Crippen molar-refractivity contribution in [2.24, 2.45) is 0 Å². The molecule has 17 heavy (non-hydrogen) atoms.